The monoisotopic (exact) mass is 212 g/mol. The number of benzene rings is 1. The van der Waals surface area contributed by atoms with E-state index in [1.54, 1.807) is 0 Å². The van der Waals surface area contributed by atoms with Gasteiger partial charge in [0.2, 0.25) is 0 Å². The lowest BCUT2D eigenvalue weighted by Gasteiger charge is -1.95. The number of aromatic amines is 1. The third-order valence-corrected chi connectivity index (χ3v) is 2.65. The molecule has 4 nitrogen and oxygen atoms in total. The highest BCUT2D eigenvalue weighted by Gasteiger charge is 2.06. The fourth-order valence-electron chi connectivity index (χ4n) is 1.91. The highest BCUT2D eigenvalue weighted by atomic mass is 14.9. The van der Waals surface area contributed by atoms with Crippen LogP contribution in [0.1, 0.15) is 5.82 Å². The topological polar surface area (TPSA) is 67.6 Å². The number of nitrogens with one attached hydrogen (secondary N) is 1. The number of para-hydroxylation sites is 1. The second kappa shape index (κ2) is 3.57. The van der Waals surface area contributed by atoms with Gasteiger partial charge in [0, 0.05) is 11.8 Å². The Morgan fingerprint density at radius 3 is 3.00 bits per heavy atom. The van der Waals surface area contributed by atoms with Crippen molar-refractivity contribution in [3.63, 3.8) is 0 Å². The molecule has 0 aliphatic carbocycles. The maximum Gasteiger partial charge on any atom is 0.108 e. The molecule has 0 unspecified atom stereocenters. The minimum Gasteiger partial charge on any atom is -0.341 e. The van der Waals surface area contributed by atoms with Crippen LogP contribution >= 0.6 is 0 Å². The summed E-state index contributed by atoms with van der Waals surface area (Å²) in [7, 11) is 0. The first-order chi connectivity index (χ1) is 7.88. The molecule has 2 heterocycles. The van der Waals surface area contributed by atoms with E-state index in [1.807, 2.05) is 30.5 Å². The van der Waals surface area contributed by atoms with Gasteiger partial charge in [-0.3, -0.25) is 4.98 Å². The van der Waals surface area contributed by atoms with E-state index in [4.69, 9.17) is 5.73 Å². The number of aromatic nitrogens is 3. The highest BCUT2D eigenvalue weighted by molar-refractivity contribution is 6.01. The molecule has 80 valence electrons. The van der Waals surface area contributed by atoms with Crippen LogP contribution < -0.4 is 5.73 Å². The van der Waals surface area contributed by atoms with Crippen molar-refractivity contribution >= 4 is 21.9 Å². The van der Waals surface area contributed by atoms with Gasteiger partial charge in [0.25, 0.3) is 0 Å². The summed E-state index contributed by atoms with van der Waals surface area (Å²) in [5.74, 6) is 0.927. The third-order valence-electron chi connectivity index (χ3n) is 2.65. The van der Waals surface area contributed by atoms with E-state index >= 15 is 0 Å². The fraction of sp³-hybridized carbons (Fsp3) is 0.167. The molecule has 0 spiro atoms. The van der Waals surface area contributed by atoms with Crippen LogP contribution in [0.4, 0.5) is 0 Å². The lowest BCUT2D eigenvalue weighted by atomic mass is 10.2. The predicted octanol–water partition coefficient (Wildman–Crippen LogP) is 1.61. The molecule has 0 bridgehead atoms. The first-order valence-corrected chi connectivity index (χ1v) is 5.31. The third kappa shape index (κ3) is 1.35. The summed E-state index contributed by atoms with van der Waals surface area (Å²) in [6, 6.07) is 8.01. The number of imidazole rings is 1. The molecule has 0 aliphatic rings. The van der Waals surface area contributed by atoms with E-state index in [2.05, 4.69) is 15.0 Å². The summed E-state index contributed by atoms with van der Waals surface area (Å²) in [4.78, 5) is 12.2. The van der Waals surface area contributed by atoms with E-state index in [0.717, 1.165) is 34.2 Å². The predicted molar refractivity (Wildman–Crippen MR) is 64.2 cm³/mol. The average Bonchev–Trinajstić information content (AvgIpc) is 2.72. The molecule has 3 N–H and O–H groups in total. The Morgan fingerprint density at radius 2 is 2.12 bits per heavy atom. The van der Waals surface area contributed by atoms with Crippen LogP contribution in [0.15, 0.2) is 30.5 Å². The van der Waals surface area contributed by atoms with Crippen molar-refractivity contribution in [3.05, 3.63) is 36.3 Å². The quantitative estimate of drug-likeness (QED) is 0.678. The molecule has 0 saturated carbocycles. The smallest absolute Gasteiger partial charge is 0.108 e. The molecule has 3 rings (SSSR count). The number of hydrogen-bond acceptors (Lipinski definition) is 3. The highest BCUT2D eigenvalue weighted by Crippen LogP contribution is 2.21. The van der Waals surface area contributed by atoms with Crippen LogP contribution in [-0.2, 0) is 6.42 Å². The number of pyridine rings is 1. The van der Waals surface area contributed by atoms with Crippen molar-refractivity contribution in [2.24, 2.45) is 5.73 Å². The number of hydrogen-bond donors (Lipinski definition) is 2. The molecule has 4 heteroatoms. The minimum absolute atomic E-state index is 0.602. The van der Waals surface area contributed by atoms with Crippen LogP contribution in [0, 0.1) is 0 Å². The van der Waals surface area contributed by atoms with E-state index in [1.165, 1.54) is 0 Å². The van der Waals surface area contributed by atoms with Crippen molar-refractivity contribution in [1.82, 2.24) is 15.0 Å². The molecule has 0 atom stereocenters. The van der Waals surface area contributed by atoms with Gasteiger partial charge in [0.05, 0.1) is 22.7 Å². The zero-order valence-electron chi connectivity index (χ0n) is 8.77. The minimum atomic E-state index is 0.602. The first-order valence-electron chi connectivity index (χ1n) is 5.31. The van der Waals surface area contributed by atoms with E-state index in [0.29, 0.717) is 6.54 Å². The molecule has 16 heavy (non-hydrogen) atoms. The van der Waals surface area contributed by atoms with Crippen LogP contribution in [0.25, 0.3) is 21.9 Å². The number of H-pyrrole nitrogens is 1. The standard InChI is InChI=1S/C12H12N4/c13-6-5-11-15-10-7-14-9-4-2-1-3-8(9)12(10)16-11/h1-4,7H,5-6,13H2,(H,15,16). The Hall–Kier alpha value is -1.94. The number of nitrogens with zero attached hydrogens (tertiary/aromatic N) is 2. The van der Waals surface area contributed by atoms with Gasteiger partial charge >= 0.3 is 0 Å². The zero-order chi connectivity index (χ0) is 11.0. The van der Waals surface area contributed by atoms with Gasteiger partial charge in [-0.25, -0.2) is 4.98 Å². The summed E-state index contributed by atoms with van der Waals surface area (Å²) in [6.45, 7) is 0.602. The maximum atomic E-state index is 5.52. The van der Waals surface area contributed by atoms with Crippen LogP contribution in [-0.4, -0.2) is 21.5 Å². The molecule has 0 amide bonds. The molecule has 0 radical (unpaired) electrons. The molecule has 0 aliphatic heterocycles. The van der Waals surface area contributed by atoms with Crippen LogP contribution in [0.5, 0.6) is 0 Å². The Labute approximate surface area is 92.5 Å². The Balaban J connectivity index is 2.32. The number of rotatable bonds is 2. The van der Waals surface area contributed by atoms with E-state index < -0.39 is 0 Å². The zero-order valence-corrected chi connectivity index (χ0v) is 8.77. The number of nitrogens with two attached hydrogens (primary N) is 1. The molecule has 1 aromatic carbocycles. The lowest BCUT2D eigenvalue weighted by molar-refractivity contribution is 0.900. The van der Waals surface area contributed by atoms with Crippen molar-refractivity contribution in [2.75, 3.05) is 6.54 Å². The summed E-state index contributed by atoms with van der Waals surface area (Å²) in [6.07, 6.45) is 2.59. The van der Waals surface area contributed by atoms with E-state index in [9.17, 15) is 0 Å². The first kappa shape index (κ1) is 9.30. The largest absolute Gasteiger partial charge is 0.341 e. The van der Waals surface area contributed by atoms with Gasteiger partial charge in [-0.1, -0.05) is 18.2 Å². The summed E-state index contributed by atoms with van der Waals surface area (Å²) in [5, 5.41) is 1.08. The number of fused-ring (bicyclic) bond motifs is 3. The molecule has 0 fully saturated rings. The van der Waals surface area contributed by atoms with Gasteiger partial charge < -0.3 is 10.7 Å². The molecular weight excluding hydrogens is 200 g/mol. The van der Waals surface area contributed by atoms with E-state index in [-0.39, 0.29) is 0 Å². The average molecular weight is 212 g/mol. The SMILES string of the molecule is NCCc1nc2c(cnc3ccccc32)[nH]1. The molecular formula is C12H12N4. The summed E-state index contributed by atoms with van der Waals surface area (Å²) >= 11 is 0. The normalized spacial score (nSPS) is 11.3. The van der Waals surface area contributed by atoms with Gasteiger partial charge in [-0.05, 0) is 12.6 Å². The Bertz CT molecular complexity index is 642. The summed E-state index contributed by atoms with van der Waals surface area (Å²) < 4.78 is 0. The summed E-state index contributed by atoms with van der Waals surface area (Å²) in [5.41, 5.74) is 8.45. The van der Waals surface area contributed by atoms with Gasteiger partial charge in [0.15, 0.2) is 0 Å². The Kier molecular flexibility index (Phi) is 2.08. The van der Waals surface area contributed by atoms with Crippen molar-refractivity contribution in [2.45, 2.75) is 6.42 Å². The second-order valence-corrected chi connectivity index (χ2v) is 3.76. The van der Waals surface area contributed by atoms with Gasteiger partial charge in [-0.15, -0.1) is 0 Å². The van der Waals surface area contributed by atoms with Crippen molar-refractivity contribution < 1.29 is 0 Å². The molecule has 3 aromatic rings. The van der Waals surface area contributed by atoms with Gasteiger partial charge in [0.1, 0.15) is 5.82 Å². The lowest BCUT2D eigenvalue weighted by Crippen LogP contribution is -2.03. The van der Waals surface area contributed by atoms with Crippen LogP contribution in [0.2, 0.25) is 0 Å². The van der Waals surface area contributed by atoms with Crippen LogP contribution in [0.3, 0.4) is 0 Å². The van der Waals surface area contributed by atoms with Crippen molar-refractivity contribution in [3.8, 4) is 0 Å². The fourth-order valence-corrected chi connectivity index (χ4v) is 1.91. The van der Waals surface area contributed by atoms with Gasteiger partial charge in [-0.2, -0.15) is 0 Å². The molecule has 0 saturated heterocycles. The second-order valence-electron chi connectivity index (χ2n) is 3.76. The van der Waals surface area contributed by atoms with Crippen molar-refractivity contribution in [1.29, 1.82) is 0 Å². The molecule has 2 aromatic heterocycles. The maximum absolute atomic E-state index is 5.52. The Morgan fingerprint density at radius 1 is 1.25 bits per heavy atom.